The van der Waals surface area contributed by atoms with Gasteiger partial charge in [0.05, 0.1) is 34.4 Å². The Kier molecular flexibility index (Phi) is 16.8. The van der Waals surface area contributed by atoms with E-state index in [0.29, 0.717) is 0 Å². The van der Waals surface area contributed by atoms with Crippen molar-refractivity contribution < 1.29 is 76.5 Å². The second kappa shape index (κ2) is 22.9. The Morgan fingerprint density at radius 2 is 0.843 bits per heavy atom. The molecule has 0 aliphatic carbocycles. The predicted molar refractivity (Wildman–Crippen MR) is 253 cm³/mol. The quantitative estimate of drug-likeness (QED) is 0.0582. The van der Waals surface area contributed by atoms with E-state index in [9.17, 15) is 34.2 Å². The second-order valence-electron chi connectivity index (χ2n) is 18.2. The van der Waals surface area contributed by atoms with Gasteiger partial charge in [0.2, 0.25) is 0 Å². The van der Waals surface area contributed by atoms with Crippen LogP contribution in [0.2, 0.25) is 18.1 Å². The van der Waals surface area contributed by atoms with Crippen LogP contribution in [-0.2, 0) is 42.3 Å². The zero-order valence-corrected chi connectivity index (χ0v) is 40.2. The normalized spacial score (nSPS) is 24.6. The molecule has 7 rings (SSSR count). The Labute approximate surface area is 406 Å². The third-order valence-electron chi connectivity index (χ3n) is 12.3. The molecule has 70 heavy (non-hydrogen) atoms. The van der Waals surface area contributed by atoms with Crippen molar-refractivity contribution in [1.82, 2.24) is 0 Å². The fourth-order valence-electron chi connectivity index (χ4n) is 7.39. The molecule has 0 radical (unpaired) electrons. The Balaban J connectivity index is 1.34. The van der Waals surface area contributed by atoms with Gasteiger partial charge in [-0.3, -0.25) is 0 Å². The Hall–Kier alpha value is -6.57. The average Bonchev–Trinajstić information content (AvgIpc) is 3.37. The zero-order valence-electron chi connectivity index (χ0n) is 39.2. The number of hydrogen-bond acceptors (Lipinski definition) is 16. The highest BCUT2D eigenvalue weighted by Gasteiger charge is 2.57. The van der Waals surface area contributed by atoms with E-state index in [1.165, 1.54) is 60.7 Å². The summed E-state index contributed by atoms with van der Waals surface area (Å²) in [6.45, 7) is 9.11. The molecule has 0 amide bonds. The molecule has 0 unspecified atom stereocenters. The van der Waals surface area contributed by atoms with Crippen LogP contribution in [0.3, 0.4) is 0 Å². The lowest BCUT2D eigenvalue weighted by molar-refractivity contribution is -0.352. The van der Waals surface area contributed by atoms with Crippen molar-refractivity contribution in [2.24, 2.45) is 0 Å². The van der Waals surface area contributed by atoms with Crippen LogP contribution in [0.1, 0.15) is 72.6 Å². The molecule has 5 aromatic rings. The molecule has 17 heteroatoms. The van der Waals surface area contributed by atoms with E-state index in [1.807, 2.05) is 33.9 Å². The van der Waals surface area contributed by atoms with Crippen LogP contribution in [0, 0.1) is 0 Å². The number of benzene rings is 5. The molecule has 2 N–H and O–H groups in total. The second-order valence-corrected chi connectivity index (χ2v) is 23.0. The molecule has 0 aromatic heterocycles. The SMILES string of the molecule is CC(C)(C)[Si](C)(C)OC[C@H]1O[C@@H](O[C@H]2[C@H](OC(=O)c3ccccc3)[C@@H](OC(=O)c3ccccc3)[C@H](O)O[C@@H]2COC(=O)c2ccccc2)[C@H](OC(=O)c2ccccc2)[C@@H](OC(=O)c2ccccc2)[C@H]1O. The van der Waals surface area contributed by atoms with Crippen LogP contribution < -0.4 is 0 Å². The molecule has 5 aromatic carbocycles. The summed E-state index contributed by atoms with van der Waals surface area (Å²) in [5, 5.41) is 23.7. The van der Waals surface area contributed by atoms with E-state index >= 15 is 0 Å². The topological polar surface area (TPSA) is 209 Å². The van der Waals surface area contributed by atoms with Gasteiger partial charge in [-0.05, 0) is 78.8 Å². The lowest BCUT2D eigenvalue weighted by atomic mass is 9.96. The van der Waals surface area contributed by atoms with Gasteiger partial charge in [0.25, 0.3) is 0 Å². The summed E-state index contributed by atoms with van der Waals surface area (Å²) < 4.78 is 55.9. The molecule has 16 nitrogen and oxygen atoms in total. The van der Waals surface area contributed by atoms with E-state index in [1.54, 1.807) is 91.0 Å². The molecule has 0 spiro atoms. The van der Waals surface area contributed by atoms with E-state index < -0.39 is 106 Å². The van der Waals surface area contributed by atoms with Crippen molar-refractivity contribution in [1.29, 1.82) is 0 Å². The highest BCUT2D eigenvalue weighted by atomic mass is 28.4. The third-order valence-corrected chi connectivity index (χ3v) is 16.8. The molecule has 2 heterocycles. The van der Waals surface area contributed by atoms with Crippen LogP contribution in [0.25, 0.3) is 0 Å². The summed E-state index contributed by atoms with van der Waals surface area (Å²) in [5.74, 6) is -4.51. The zero-order chi connectivity index (χ0) is 50.0. The van der Waals surface area contributed by atoms with Crippen LogP contribution in [0.15, 0.2) is 152 Å². The van der Waals surface area contributed by atoms with Crippen molar-refractivity contribution >= 4 is 38.2 Å². The Bertz CT molecular complexity index is 2520. The van der Waals surface area contributed by atoms with Crippen LogP contribution in [0.5, 0.6) is 0 Å². The van der Waals surface area contributed by atoms with Gasteiger partial charge in [-0.1, -0.05) is 112 Å². The first kappa shape index (κ1) is 51.3. The predicted octanol–water partition coefficient (Wildman–Crippen LogP) is 6.96. The molecule has 2 fully saturated rings. The standard InChI is InChI=1S/C53H56O16Si/c1-53(2,3)70(4,5)62-32-38-40(54)42(65-47(56)34-23-13-7-14-24-34)45(68-50(59)37-29-19-10-20-30-37)52(64-38)69-41-39(31-61-46(55)33-21-11-6-12-22-33)63-51(60)44(67-49(58)36-27-17-9-18-28-36)43(41)66-48(57)35-25-15-8-16-26-35/h6-30,38-45,51-52,54,60H,31-32H2,1-5H3/t38-,39-,40+,41-,42+,43+,44-,45-,51-,52+/m1/s1. The summed E-state index contributed by atoms with van der Waals surface area (Å²) >= 11 is 0. The maximum Gasteiger partial charge on any atom is 0.338 e. The van der Waals surface area contributed by atoms with Crippen molar-refractivity contribution in [2.45, 2.75) is 100 Å². The molecule has 2 saturated heterocycles. The molecule has 10 atom stereocenters. The highest BCUT2D eigenvalue weighted by molar-refractivity contribution is 6.74. The lowest BCUT2D eigenvalue weighted by Gasteiger charge is -2.48. The molecule has 368 valence electrons. The van der Waals surface area contributed by atoms with Crippen molar-refractivity contribution in [3.8, 4) is 0 Å². The maximum atomic E-state index is 14.1. The van der Waals surface area contributed by atoms with E-state index in [4.69, 9.17) is 42.3 Å². The molecular formula is C53H56O16Si. The van der Waals surface area contributed by atoms with Gasteiger partial charge in [-0.25, -0.2) is 24.0 Å². The minimum absolute atomic E-state index is 0.0601. The molecular weight excluding hydrogens is 921 g/mol. The number of aliphatic hydroxyl groups excluding tert-OH is 2. The number of hydrogen-bond donors (Lipinski definition) is 2. The fraction of sp³-hybridized carbons (Fsp3) is 0.340. The number of carbonyl (C=O) groups excluding carboxylic acids is 5. The van der Waals surface area contributed by atoms with Gasteiger partial charge < -0.3 is 52.5 Å². The van der Waals surface area contributed by atoms with Gasteiger partial charge in [-0.2, -0.15) is 0 Å². The van der Waals surface area contributed by atoms with Crippen molar-refractivity contribution in [3.05, 3.63) is 179 Å². The summed E-state index contributed by atoms with van der Waals surface area (Å²) in [4.78, 5) is 69.4. The Morgan fingerprint density at radius 1 is 0.471 bits per heavy atom. The van der Waals surface area contributed by atoms with E-state index in [2.05, 4.69) is 0 Å². The maximum absolute atomic E-state index is 14.1. The molecule has 0 saturated carbocycles. The number of ether oxygens (including phenoxy) is 8. The smallest absolute Gasteiger partial charge is 0.338 e. The van der Waals surface area contributed by atoms with Crippen LogP contribution >= 0.6 is 0 Å². The van der Waals surface area contributed by atoms with Crippen molar-refractivity contribution in [2.75, 3.05) is 13.2 Å². The number of rotatable bonds is 16. The first-order chi connectivity index (χ1) is 33.5. The van der Waals surface area contributed by atoms with Gasteiger partial charge in [0.15, 0.2) is 45.3 Å². The summed E-state index contributed by atoms with van der Waals surface area (Å²) in [6, 6.07) is 39.4. The van der Waals surface area contributed by atoms with Crippen molar-refractivity contribution in [3.63, 3.8) is 0 Å². The number of esters is 5. The lowest BCUT2D eigenvalue weighted by Crippen LogP contribution is -2.67. The minimum atomic E-state index is -2.59. The summed E-state index contributed by atoms with van der Waals surface area (Å²) in [6.07, 6.45) is -17.4. The third kappa shape index (κ3) is 12.6. The van der Waals surface area contributed by atoms with E-state index in [0.717, 1.165) is 0 Å². The van der Waals surface area contributed by atoms with Crippen LogP contribution in [0.4, 0.5) is 0 Å². The number of aliphatic hydroxyl groups is 2. The first-order valence-electron chi connectivity index (χ1n) is 22.7. The summed E-state index contributed by atoms with van der Waals surface area (Å²) in [5.41, 5.74) is 0.480. The van der Waals surface area contributed by atoms with Gasteiger partial charge >= 0.3 is 29.8 Å². The molecule has 0 bridgehead atoms. The molecule has 2 aliphatic rings. The Morgan fingerprint density at radius 3 is 1.26 bits per heavy atom. The van der Waals surface area contributed by atoms with E-state index in [-0.39, 0.29) is 39.5 Å². The highest BCUT2D eigenvalue weighted by Crippen LogP contribution is 2.39. The largest absolute Gasteiger partial charge is 0.459 e. The first-order valence-corrected chi connectivity index (χ1v) is 25.6. The minimum Gasteiger partial charge on any atom is -0.459 e. The monoisotopic (exact) mass is 976 g/mol. The average molecular weight is 977 g/mol. The van der Waals surface area contributed by atoms with Crippen LogP contribution in [-0.4, -0.2) is 123 Å². The molecule has 2 aliphatic heterocycles. The van der Waals surface area contributed by atoms with Gasteiger partial charge in [-0.15, -0.1) is 0 Å². The number of carbonyl (C=O) groups is 5. The van der Waals surface area contributed by atoms with Gasteiger partial charge in [0, 0.05) is 0 Å². The van der Waals surface area contributed by atoms with Gasteiger partial charge in [0.1, 0.15) is 31.0 Å². The fourth-order valence-corrected chi connectivity index (χ4v) is 8.41. The summed E-state index contributed by atoms with van der Waals surface area (Å²) in [7, 11) is -2.59.